The van der Waals surface area contributed by atoms with Gasteiger partial charge in [-0.3, -0.25) is 4.79 Å². The molecule has 2 N–H and O–H groups in total. The first-order valence-electron chi connectivity index (χ1n) is 7.46. The van der Waals surface area contributed by atoms with Crippen molar-refractivity contribution in [2.24, 2.45) is 0 Å². The highest BCUT2D eigenvalue weighted by atomic mass is 35.5. The Balaban J connectivity index is 2.12. The first-order chi connectivity index (χ1) is 11.5. The third-order valence-electron chi connectivity index (χ3n) is 3.16. The van der Waals surface area contributed by atoms with Crippen LogP contribution < -0.4 is 10.6 Å². The molecule has 0 aliphatic rings. The summed E-state index contributed by atoms with van der Waals surface area (Å²) in [5.74, 6) is -0.301. The van der Waals surface area contributed by atoms with Gasteiger partial charge in [0.2, 0.25) is 0 Å². The summed E-state index contributed by atoms with van der Waals surface area (Å²) >= 11 is 5.82. The monoisotopic (exact) mass is 347 g/mol. The molecule has 1 aromatic heterocycles. The Kier molecular flexibility index (Phi) is 6.14. The van der Waals surface area contributed by atoms with Crippen LogP contribution in [0.5, 0.6) is 0 Å². The van der Waals surface area contributed by atoms with E-state index in [1.165, 1.54) is 0 Å². The standard InChI is InChI=1S/C17H18ClN3O3/c1-3-24-17(23)11(2)20-15-14(5-4-10-19-15)21-16(22)12-6-8-13(18)9-7-12/h4-11H,3H2,1-2H3,(H,19,20)(H,21,22). The molecule has 0 bridgehead atoms. The maximum Gasteiger partial charge on any atom is 0.328 e. The number of hydrogen-bond donors (Lipinski definition) is 2. The quantitative estimate of drug-likeness (QED) is 0.783. The molecule has 0 spiro atoms. The van der Waals surface area contributed by atoms with Gasteiger partial charge in [0, 0.05) is 16.8 Å². The number of halogens is 1. The van der Waals surface area contributed by atoms with Gasteiger partial charge in [0.05, 0.1) is 12.3 Å². The predicted octanol–water partition coefficient (Wildman–Crippen LogP) is 3.35. The van der Waals surface area contributed by atoms with Gasteiger partial charge in [-0.15, -0.1) is 0 Å². The summed E-state index contributed by atoms with van der Waals surface area (Å²) in [5.41, 5.74) is 0.932. The van der Waals surface area contributed by atoms with Crippen molar-refractivity contribution in [2.45, 2.75) is 19.9 Å². The van der Waals surface area contributed by atoms with Crippen molar-refractivity contribution in [2.75, 3.05) is 17.2 Å². The molecule has 1 atom stereocenters. The number of esters is 1. The van der Waals surface area contributed by atoms with Gasteiger partial charge in [-0.2, -0.15) is 0 Å². The van der Waals surface area contributed by atoms with E-state index in [1.54, 1.807) is 56.4 Å². The molecular formula is C17H18ClN3O3. The minimum absolute atomic E-state index is 0.299. The number of pyridine rings is 1. The van der Waals surface area contributed by atoms with Gasteiger partial charge in [0.15, 0.2) is 0 Å². The fourth-order valence-corrected chi connectivity index (χ4v) is 2.07. The maximum atomic E-state index is 12.3. The Bertz CT molecular complexity index is 719. The zero-order valence-electron chi connectivity index (χ0n) is 13.4. The molecule has 7 heteroatoms. The Morgan fingerprint density at radius 2 is 1.96 bits per heavy atom. The molecule has 1 unspecified atom stereocenters. The van der Waals surface area contributed by atoms with E-state index >= 15 is 0 Å². The molecule has 1 heterocycles. The van der Waals surface area contributed by atoms with Crippen molar-refractivity contribution < 1.29 is 14.3 Å². The molecule has 0 aliphatic carbocycles. The van der Waals surface area contributed by atoms with Gasteiger partial charge in [0.25, 0.3) is 5.91 Å². The van der Waals surface area contributed by atoms with Crippen molar-refractivity contribution >= 4 is 35.0 Å². The van der Waals surface area contributed by atoms with Crippen molar-refractivity contribution in [3.05, 3.63) is 53.2 Å². The van der Waals surface area contributed by atoms with Crippen molar-refractivity contribution in [1.82, 2.24) is 4.98 Å². The van der Waals surface area contributed by atoms with Gasteiger partial charge >= 0.3 is 5.97 Å². The third-order valence-corrected chi connectivity index (χ3v) is 3.41. The van der Waals surface area contributed by atoms with Crippen LogP contribution in [-0.4, -0.2) is 29.5 Å². The second-order valence-electron chi connectivity index (χ2n) is 4.98. The van der Waals surface area contributed by atoms with E-state index in [9.17, 15) is 9.59 Å². The van der Waals surface area contributed by atoms with Gasteiger partial charge < -0.3 is 15.4 Å². The lowest BCUT2D eigenvalue weighted by atomic mass is 10.2. The van der Waals surface area contributed by atoms with Crippen molar-refractivity contribution in [3.63, 3.8) is 0 Å². The summed E-state index contributed by atoms with van der Waals surface area (Å²) in [6.45, 7) is 3.70. The second kappa shape index (κ2) is 8.31. The van der Waals surface area contributed by atoms with Crippen LogP contribution in [0.2, 0.25) is 5.02 Å². The average Bonchev–Trinajstić information content (AvgIpc) is 2.57. The number of amides is 1. The van der Waals surface area contributed by atoms with Crippen LogP contribution in [0.4, 0.5) is 11.5 Å². The van der Waals surface area contributed by atoms with Crippen molar-refractivity contribution in [1.29, 1.82) is 0 Å². The Labute approximate surface area is 145 Å². The Morgan fingerprint density at radius 3 is 2.62 bits per heavy atom. The Hall–Kier alpha value is -2.60. The average molecular weight is 348 g/mol. The lowest BCUT2D eigenvalue weighted by Gasteiger charge is -2.16. The zero-order valence-corrected chi connectivity index (χ0v) is 14.1. The highest BCUT2D eigenvalue weighted by Crippen LogP contribution is 2.20. The van der Waals surface area contributed by atoms with E-state index in [4.69, 9.17) is 16.3 Å². The minimum Gasteiger partial charge on any atom is -0.464 e. The van der Waals surface area contributed by atoms with Crippen LogP contribution in [0.3, 0.4) is 0 Å². The number of nitrogens with one attached hydrogen (secondary N) is 2. The first kappa shape index (κ1) is 17.7. The fraction of sp³-hybridized carbons (Fsp3) is 0.235. The fourth-order valence-electron chi connectivity index (χ4n) is 1.95. The van der Waals surface area contributed by atoms with E-state index in [0.717, 1.165) is 0 Å². The molecule has 24 heavy (non-hydrogen) atoms. The molecule has 1 amide bonds. The van der Waals surface area contributed by atoms with Gasteiger partial charge in [-0.25, -0.2) is 9.78 Å². The maximum absolute atomic E-state index is 12.3. The van der Waals surface area contributed by atoms with E-state index in [1.807, 2.05) is 0 Å². The number of carbonyl (C=O) groups excluding carboxylic acids is 2. The number of hydrogen-bond acceptors (Lipinski definition) is 5. The topological polar surface area (TPSA) is 80.3 Å². The van der Waals surface area contributed by atoms with E-state index < -0.39 is 12.0 Å². The number of rotatable bonds is 6. The molecule has 1 aromatic carbocycles. The summed E-state index contributed by atoms with van der Waals surface area (Å²) in [6.07, 6.45) is 1.57. The van der Waals surface area contributed by atoms with E-state index in [0.29, 0.717) is 28.7 Å². The third kappa shape index (κ3) is 4.70. The summed E-state index contributed by atoms with van der Waals surface area (Å²) in [4.78, 5) is 28.2. The normalized spacial score (nSPS) is 11.5. The first-order valence-corrected chi connectivity index (χ1v) is 7.84. The minimum atomic E-state index is -0.592. The summed E-state index contributed by atoms with van der Waals surface area (Å²) in [7, 11) is 0. The lowest BCUT2D eigenvalue weighted by molar-refractivity contribution is -0.143. The van der Waals surface area contributed by atoms with Crippen LogP contribution in [-0.2, 0) is 9.53 Å². The molecular weight excluding hydrogens is 330 g/mol. The van der Waals surface area contributed by atoms with Crippen LogP contribution in [0, 0.1) is 0 Å². The largest absolute Gasteiger partial charge is 0.464 e. The van der Waals surface area contributed by atoms with Gasteiger partial charge in [-0.05, 0) is 50.2 Å². The SMILES string of the molecule is CCOC(=O)C(C)Nc1ncccc1NC(=O)c1ccc(Cl)cc1. The van der Waals surface area contributed by atoms with Gasteiger partial charge in [-0.1, -0.05) is 11.6 Å². The molecule has 0 saturated carbocycles. The molecule has 0 aliphatic heterocycles. The molecule has 0 radical (unpaired) electrons. The van der Waals surface area contributed by atoms with Gasteiger partial charge in [0.1, 0.15) is 11.9 Å². The van der Waals surface area contributed by atoms with E-state index in [-0.39, 0.29) is 5.91 Å². The molecule has 0 saturated heterocycles. The summed E-state index contributed by atoms with van der Waals surface area (Å²) in [5, 5.41) is 6.26. The zero-order chi connectivity index (χ0) is 17.5. The highest BCUT2D eigenvalue weighted by Gasteiger charge is 2.17. The van der Waals surface area contributed by atoms with E-state index in [2.05, 4.69) is 15.6 Å². The van der Waals surface area contributed by atoms with Crippen LogP contribution >= 0.6 is 11.6 Å². The number of aromatic nitrogens is 1. The molecule has 2 rings (SSSR count). The smallest absolute Gasteiger partial charge is 0.328 e. The highest BCUT2D eigenvalue weighted by molar-refractivity contribution is 6.30. The van der Waals surface area contributed by atoms with Crippen LogP contribution in [0.1, 0.15) is 24.2 Å². The van der Waals surface area contributed by atoms with Crippen LogP contribution in [0.25, 0.3) is 0 Å². The number of carbonyl (C=O) groups is 2. The molecule has 0 fully saturated rings. The summed E-state index contributed by atoms with van der Waals surface area (Å²) in [6, 6.07) is 9.33. The number of anilines is 2. The molecule has 2 aromatic rings. The van der Waals surface area contributed by atoms with Crippen molar-refractivity contribution in [3.8, 4) is 0 Å². The predicted molar refractivity (Wildman–Crippen MR) is 93.4 cm³/mol. The number of benzene rings is 1. The number of ether oxygens (including phenoxy) is 1. The van der Waals surface area contributed by atoms with Crippen LogP contribution in [0.15, 0.2) is 42.6 Å². The second-order valence-corrected chi connectivity index (χ2v) is 5.42. The summed E-state index contributed by atoms with van der Waals surface area (Å²) < 4.78 is 4.95. The Morgan fingerprint density at radius 1 is 1.25 bits per heavy atom. The lowest BCUT2D eigenvalue weighted by Crippen LogP contribution is -2.29. The molecule has 6 nitrogen and oxygen atoms in total. The number of nitrogens with zero attached hydrogens (tertiary/aromatic N) is 1. The molecule has 126 valence electrons.